The normalized spacial score (nSPS) is 19.1. The first-order chi connectivity index (χ1) is 11.2. The van der Waals surface area contributed by atoms with Crippen LogP contribution in [0, 0.1) is 0 Å². The molecule has 0 atom stereocenters. The van der Waals surface area contributed by atoms with Gasteiger partial charge in [0.15, 0.2) is 0 Å². The maximum atomic E-state index is 12.5. The maximum absolute atomic E-state index is 12.5. The minimum Gasteiger partial charge on any atom is -0.356 e. The van der Waals surface area contributed by atoms with Gasteiger partial charge in [-0.05, 0) is 31.4 Å². The zero-order valence-corrected chi connectivity index (χ0v) is 14.3. The number of aliphatic imine (C=N–C) groups is 1. The lowest BCUT2D eigenvalue weighted by molar-refractivity contribution is -0.117. The largest absolute Gasteiger partial charge is 0.356 e. The number of amides is 1. The molecule has 2 aliphatic rings. The molecule has 1 heterocycles. The van der Waals surface area contributed by atoms with Crippen LogP contribution in [-0.4, -0.2) is 42.8 Å². The number of para-hydroxylation sites is 1. The summed E-state index contributed by atoms with van der Waals surface area (Å²) in [6, 6.07) is 8.76. The van der Waals surface area contributed by atoms with Gasteiger partial charge >= 0.3 is 0 Å². The van der Waals surface area contributed by atoms with Gasteiger partial charge in [0.1, 0.15) is 12.4 Å². The SMILES string of the molecule is CCCN1C(=O)CN=C(N(C)C2CCCCC2)c2ccccc21. The number of amidine groups is 1. The van der Waals surface area contributed by atoms with Gasteiger partial charge in [0, 0.05) is 25.2 Å². The fourth-order valence-corrected chi connectivity index (χ4v) is 3.76. The van der Waals surface area contributed by atoms with Crippen LogP contribution in [0.1, 0.15) is 51.0 Å². The molecule has 1 saturated carbocycles. The molecule has 1 aliphatic heterocycles. The van der Waals surface area contributed by atoms with Gasteiger partial charge in [0.25, 0.3) is 0 Å². The van der Waals surface area contributed by atoms with Crippen molar-refractivity contribution in [1.29, 1.82) is 0 Å². The zero-order chi connectivity index (χ0) is 16.2. The standard InChI is InChI=1S/C19H27N3O/c1-3-13-22-17-12-8-7-11-16(17)19(20-14-18(22)23)21(2)15-9-5-4-6-10-15/h7-8,11-12,15H,3-6,9-10,13-14H2,1-2H3. The Morgan fingerprint density at radius 2 is 1.96 bits per heavy atom. The number of hydrogen-bond acceptors (Lipinski definition) is 3. The third-order valence-electron chi connectivity index (χ3n) is 5.00. The van der Waals surface area contributed by atoms with E-state index in [0.29, 0.717) is 6.04 Å². The molecule has 1 amide bonds. The van der Waals surface area contributed by atoms with Crippen molar-refractivity contribution in [2.24, 2.45) is 4.99 Å². The highest BCUT2D eigenvalue weighted by Gasteiger charge is 2.28. The monoisotopic (exact) mass is 313 g/mol. The Morgan fingerprint density at radius 3 is 2.70 bits per heavy atom. The van der Waals surface area contributed by atoms with Crippen molar-refractivity contribution >= 4 is 17.4 Å². The molecule has 4 heteroatoms. The smallest absolute Gasteiger partial charge is 0.248 e. The predicted octanol–water partition coefficient (Wildman–Crippen LogP) is 3.45. The van der Waals surface area contributed by atoms with Crippen molar-refractivity contribution in [3.05, 3.63) is 29.8 Å². The van der Waals surface area contributed by atoms with Crippen molar-refractivity contribution in [1.82, 2.24) is 4.90 Å². The van der Waals surface area contributed by atoms with Gasteiger partial charge in [-0.3, -0.25) is 9.79 Å². The molecule has 23 heavy (non-hydrogen) atoms. The highest BCUT2D eigenvalue weighted by Crippen LogP contribution is 2.28. The molecule has 1 aromatic rings. The minimum atomic E-state index is 0.103. The van der Waals surface area contributed by atoms with Gasteiger partial charge in [-0.15, -0.1) is 0 Å². The Hall–Kier alpha value is -1.84. The third kappa shape index (κ3) is 3.26. The molecule has 0 N–H and O–H groups in total. The van der Waals surface area contributed by atoms with E-state index in [2.05, 4.69) is 31.0 Å². The molecule has 1 aliphatic carbocycles. The lowest BCUT2D eigenvalue weighted by Crippen LogP contribution is -2.39. The Labute approximate surface area is 139 Å². The molecule has 0 spiro atoms. The lowest BCUT2D eigenvalue weighted by Gasteiger charge is -2.34. The molecule has 1 aromatic carbocycles. The summed E-state index contributed by atoms with van der Waals surface area (Å²) in [4.78, 5) is 21.4. The molecule has 3 rings (SSSR count). The summed E-state index contributed by atoms with van der Waals surface area (Å²) in [6.45, 7) is 3.11. The lowest BCUT2D eigenvalue weighted by atomic mass is 9.94. The Kier molecular flexibility index (Phi) is 4.99. The quantitative estimate of drug-likeness (QED) is 0.857. The van der Waals surface area contributed by atoms with Crippen LogP contribution in [0.5, 0.6) is 0 Å². The second-order valence-corrected chi connectivity index (χ2v) is 6.61. The van der Waals surface area contributed by atoms with Gasteiger partial charge in [-0.1, -0.05) is 38.3 Å². The highest BCUT2D eigenvalue weighted by molar-refractivity contribution is 6.10. The average molecular weight is 313 g/mol. The van der Waals surface area contributed by atoms with Gasteiger partial charge in [0.05, 0.1) is 5.69 Å². The molecule has 1 fully saturated rings. The summed E-state index contributed by atoms with van der Waals surface area (Å²) >= 11 is 0. The van der Waals surface area contributed by atoms with Crippen LogP contribution in [-0.2, 0) is 4.79 Å². The second kappa shape index (κ2) is 7.16. The van der Waals surface area contributed by atoms with Crippen molar-refractivity contribution in [3.63, 3.8) is 0 Å². The van der Waals surface area contributed by atoms with Gasteiger partial charge < -0.3 is 9.80 Å². The maximum Gasteiger partial charge on any atom is 0.248 e. The van der Waals surface area contributed by atoms with Crippen LogP contribution >= 0.6 is 0 Å². The predicted molar refractivity (Wildman–Crippen MR) is 95.1 cm³/mol. The number of anilines is 1. The molecular formula is C19H27N3O. The highest BCUT2D eigenvalue weighted by atomic mass is 16.2. The Morgan fingerprint density at radius 1 is 1.22 bits per heavy atom. The van der Waals surface area contributed by atoms with E-state index in [1.54, 1.807) is 0 Å². The number of benzene rings is 1. The van der Waals surface area contributed by atoms with Crippen LogP contribution < -0.4 is 4.90 Å². The van der Waals surface area contributed by atoms with Gasteiger partial charge in [0.2, 0.25) is 5.91 Å². The number of rotatable bonds is 3. The van der Waals surface area contributed by atoms with Gasteiger partial charge in [-0.2, -0.15) is 0 Å². The third-order valence-corrected chi connectivity index (χ3v) is 5.00. The molecule has 0 bridgehead atoms. The molecule has 0 aromatic heterocycles. The minimum absolute atomic E-state index is 0.103. The molecule has 4 nitrogen and oxygen atoms in total. The van der Waals surface area contributed by atoms with E-state index >= 15 is 0 Å². The van der Waals surface area contributed by atoms with E-state index in [1.165, 1.54) is 32.1 Å². The number of carbonyl (C=O) groups excluding carboxylic acids is 1. The summed E-state index contributed by atoms with van der Waals surface area (Å²) in [5, 5.41) is 0. The fraction of sp³-hybridized carbons (Fsp3) is 0.579. The number of carbonyl (C=O) groups is 1. The van der Waals surface area contributed by atoms with E-state index in [1.807, 2.05) is 17.0 Å². The Bertz CT molecular complexity index is 590. The molecule has 0 radical (unpaired) electrons. The first kappa shape index (κ1) is 16.0. The summed E-state index contributed by atoms with van der Waals surface area (Å²) in [5.74, 6) is 1.09. The number of hydrogen-bond donors (Lipinski definition) is 0. The van der Waals surface area contributed by atoms with Crippen molar-refractivity contribution < 1.29 is 4.79 Å². The topological polar surface area (TPSA) is 35.9 Å². The number of fused-ring (bicyclic) bond motifs is 1. The van der Waals surface area contributed by atoms with Crippen molar-refractivity contribution in [2.75, 3.05) is 25.0 Å². The zero-order valence-electron chi connectivity index (χ0n) is 14.3. The van der Waals surface area contributed by atoms with Crippen molar-refractivity contribution in [3.8, 4) is 0 Å². The second-order valence-electron chi connectivity index (χ2n) is 6.61. The first-order valence-electron chi connectivity index (χ1n) is 8.89. The van der Waals surface area contributed by atoms with Crippen LogP contribution in [0.3, 0.4) is 0 Å². The van der Waals surface area contributed by atoms with E-state index in [4.69, 9.17) is 4.99 Å². The summed E-state index contributed by atoms with van der Waals surface area (Å²) in [7, 11) is 2.14. The Balaban J connectivity index is 1.96. The fourth-order valence-electron chi connectivity index (χ4n) is 3.76. The summed E-state index contributed by atoms with van der Waals surface area (Å²) < 4.78 is 0. The van der Waals surface area contributed by atoms with Crippen LogP contribution in [0.25, 0.3) is 0 Å². The number of nitrogens with zero attached hydrogens (tertiary/aromatic N) is 3. The molecule has 124 valence electrons. The molecular weight excluding hydrogens is 286 g/mol. The number of benzodiazepines with no additional fused rings is 1. The van der Waals surface area contributed by atoms with E-state index in [0.717, 1.165) is 30.1 Å². The molecule has 0 saturated heterocycles. The molecule has 0 unspecified atom stereocenters. The summed E-state index contributed by atoms with van der Waals surface area (Å²) in [5.41, 5.74) is 2.11. The van der Waals surface area contributed by atoms with Crippen LogP contribution in [0.15, 0.2) is 29.3 Å². The average Bonchev–Trinajstić information content (AvgIpc) is 2.73. The summed E-state index contributed by atoms with van der Waals surface area (Å²) in [6.07, 6.45) is 7.34. The van der Waals surface area contributed by atoms with Crippen molar-refractivity contribution in [2.45, 2.75) is 51.5 Å². The van der Waals surface area contributed by atoms with E-state index in [-0.39, 0.29) is 12.5 Å². The van der Waals surface area contributed by atoms with Gasteiger partial charge in [-0.25, -0.2) is 0 Å². The van der Waals surface area contributed by atoms with Crippen LogP contribution in [0.2, 0.25) is 0 Å². The van der Waals surface area contributed by atoms with Crippen LogP contribution in [0.4, 0.5) is 5.69 Å². The van der Waals surface area contributed by atoms with E-state index in [9.17, 15) is 4.79 Å². The van der Waals surface area contributed by atoms with E-state index < -0.39 is 0 Å². The first-order valence-corrected chi connectivity index (χ1v) is 8.89.